The van der Waals surface area contributed by atoms with Crippen LogP contribution in [-0.4, -0.2) is 11.7 Å². The van der Waals surface area contributed by atoms with Gasteiger partial charge in [0.15, 0.2) is 0 Å². The minimum absolute atomic E-state index is 0.212. The predicted octanol–water partition coefficient (Wildman–Crippen LogP) is 2.69. The number of benzene rings is 1. The van der Waals surface area contributed by atoms with Crippen molar-refractivity contribution in [1.29, 1.82) is 0 Å². The normalized spacial score (nSPS) is 9.23. The van der Waals surface area contributed by atoms with Crippen molar-refractivity contribution in [2.75, 3.05) is 6.61 Å². The molecule has 1 aromatic rings. The Balaban J connectivity index is 3.21. The van der Waals surface area contributed by atoms with Gasteiger partial charge in [-0.05, 0) is 44.0 Å². The van der Waals surface area contributed by atoms with Gasteiger partial charge in [-0.25, -0.2) is 4.39 Å². The Labute approximate surface area is 92.2 Å². The lowest BCUT2D eigenvalue weighted by molar-refractivity contribution is 0.350. The molecule has 0 aliphatic carbocycles. The lowest BCUT2D eigenvalue weighted by Gasteiger charge is -1.99. The summed E-state index contributed by atoms with van der Waals surface area (Å²) >= 11 is 6.35. The Hall–Kier alpha value is -0.370. The van der Waals surface area contributed by atoms with Crippen molar-refractivity contribution in [3.05, 3.63) is 32.5 Å². The summed E-state index contributed by atoms with van der Waals surface area (Å²) in [4.78, 5) is 0. The lowest BCUT2D eigenvalue weighted by atomic mass is 10.2. The second kappa shape index (κ2) is 4.75. The van der Waals surface area contributed by atoms with Crippen molar-refractivity contribution in [2.24, 2.45) is 0 Å². The molecule has 1 nitrogen and oxygen atoms in total. The van der Waals surface area contributed by atoms with Gasteiger partial charge in [-0.1, -0.05) is 11.8 Å². The molecule has 0 aliphatic heterocycles. The van der Waals surface area contributed by atoms with Gasteiger partial charge in [0.05, 0.1) is 5.56 Å². The Morgan fingerprint density at radius 3 is 2.31 bits per heavy atom. The first kappa shape index (κ1) is 10.7. The highest BCUT2D eigenvalue weighted by Crippen LogP contribution is 2.25. The predicted molar refractivity (Wildman–Crippen MR) is 55.8 cm³/mol. The number of hydrogen-bond acceptors (Lipinski definition) is 1. The number of hydrogen-bond donors (Lipinski definition) is 1. The van der Waals surface area contributed by atoms with Crippen molar-refractivity contribution in [1.82, 2.24) is 0 Å². The molecule has 0 saturated heterocycles. The molecule has 0 atom stereocenters. The third-order valence-electron chi connectivity index (χ3n) is 1.30. The van der Waals surface area contributed by atoms with E-state index in [9.17, 15) is 4.39 Å². The van der Waals surface area contributed by atoms with E-state index in [4.69, 9.17) is 5.11 Å². The zero-order valence-corrected chi connectivity index (χ0v) is 9.61. The van der Waals surface area contributed by atoms with Gasteiger partial charge in [0, 0.05) is 8.95 Å². The maximum absolute atomic E-state index is 12.8. The van der Waals surface area contributed by atoms with Crippen LogP contribution < -0.4 is 0 Å². The van der Waals surface area contributed by atoms with Gasteiger partial charge in [0.2, 0.25) is 0 Å². The second-order valence-electron chi connectivity index (χ2n) is 2.20. The summed E-state index contributed by atoms with van der Waals surface area (Å²) in [5.41, 5.74) is 0.635. The summed E-state index contributed by atoms with van der Waals surface area (Å²) in [6, 6.07) is 2.65. The summed E-state index contributed by atoms with van der Waals surface area (Å²) in [6.07, 6.45) is 0. The van der Waals surface area contributed by atoms with Crippen molar-refractivity contribution in [3.8, 4) is 11.8 Å². The van der Waals surface area contributed by atoms with E-state index < -0.39 is 0 Å². The summed E-state index contributed by atoms with van der Waals surface area (Å²) in [5.74, 6) is 4.85. The number of aliphatic hydroxyl groups is 1. The first-order valence-corrected chi connectivity index (χ1v) is 4.98. The number of halogens is 3. The van der Waals surface area contributed by atoms with Crippen molar-refractivity contribution in [2.45, 2.75) is 0 Å². The van der Waals surface area contributed by atoms with E-state index >= 15 is 0 Å². The molecule has 1 aromatic carbocycles. The van der Waals surface area contributed by atoms with Crippen molar-refractivity contribution >= 4 is 31.9 Å². The molecule has 0 heterocycles. The molecule has 68 valence electrons. The Morgan fingerprint density at radius 2 is 1.85 bits per heavy atom. The van der Waals surface area contributed by atoms with Gasteiger partial charge in [-0.2, -0.15) is 0 Å². The molecule has 0 bridgehead atoms. The van der Waals surface area contributed by atoms with Crippen LogP contribution >= 0.6 is 31.9 Å². The fourth-order valence-corrected chi connectivity index (χ4v) is 2.12. The largest absolute Gasteiger partial charge is 0.384 e. The van der Waals surface area contributed by atoms with Crippen molar-refractivity contribution < 1.29 is 9.50 Å². The molecule has 0 radical (unpaired) electrons. The minimum Gasteiger partial charge on any atom is -0.384 e. The van der Waals surface area contributed by atoms with E-state index in [1.54, 1.807) is 0 Å². The van der Waals surface area contributed by atoms with Crippen LogP contribution in [0.5, 0.6) is 0 Å². The second-order valence-corrected chi connectivity index (χ2v) is 3.91. The van der Waals surface area contributed by atoms with E-state index in [0.717, 1.165) is 0 Å². The summed E-state index contributed by atoms with van der Waals surface area (Å²) in [6.45, 7) is -0.212. The molecule has 1 N–H and O–H groups in total. The third kappa shape index (κ3) is 2.80. The van der Waals surface area contributed by atoms with Gasteiger partial charge in [-0.3, -0.25) is 0 Å². The van der Waals surface area contributed by atoms with Gasteiger partial charge >= 0.3 is 0 Å². The zero-order chi connectivity index (χ0) is 9.84. The standard InChI is InChI=1S/C9H5Br2FO/c10-8-4-6(12)5-9(11)7(8)2-1-3-13/h4-5,13H,3H2. The quantitative estimate of drug-likeness (QED) is 0.731. The first-order valence-electron chi connectivity index (χ1n) is 3.39. The molecule has 13 heavy (non-hydrogen) atoms. The number of aliphatic hydroxyl groups excluding tert-OH is 1. The van der Waals surface area contributed by atoms with E-state index in [1.165, 1.54) is 12.1 Å². The molecule has 1 rings (SSSR count). The van der Waals surface area contributed by atoms with E-state index in [-0.39, 0.29) is 12.4 Å². The van der Waals surface area contributed by atoms with Crippen LogP contribution in [0.1, 0.15) is 5.56 Å². The molecule has 0 aliphatic rings. The van der Waals surface area contributed by atoms with Crippen LogP contribution in [-0.2, 0) is 0 Å². The van der Waals surface area contributed by atoms with E-state index in [1.807, 2.05) is 0 Å². The van der Waals surface area contributed by atoms with Crippen LogP contribution in [0.15, 0.2) is 21.1 Å². The van der Waals surface area contributed by atoms with Crippen LogP contribution in [0.4, 0.5) is 4.39 Å². The topological polar surface area (TPSA) is 20.2 Å². The SMILES string of the molecule is OCC#Cc1c(Br)cc(F)cc1Br. The molecular weight excluding hydrogens is 303 g/mol. The summed E-state index contributed by atoms with van der Waals surface area (Å²) in [7, 11) is 0. The Kier molecular flexibility index (Phi) is 3.91. The number of rotatable bonds is 0. The van der Waals surface area contributed by atoms with Crippen LogP contribution in [0.25, 0.3) is 0 Å². The van der Waals surface area contributed by atoms with Crippen LogP contribution in [0.2, 0.25) is 0 Å². The smallest absolute Gasteiger partial charge is 0.125 e. The summed E-state index contributed by atoms with van der Waals surface area (Å²) < 4.78 is 13.9. The van der Waals surface area contributed by atoms with Gasteiger partial charge in [0.1, 0.15) is 12.4 Å². The molecule has 0 spiro atoms. The van der Waals surface area contributed by atoms with E-state index in [2.05, 4.69) is 43.7 Å². The Bertz CT molecular complexity index is 356. The monoisotopic (exact) mass is 306 g/mol. The third-order valence-corrected chi connectivity index (χ3v) is 2.55. The fourth-order valence-electron chi connectivity index (χ4n) is 0.790. The molecule has 0 aromatic heterocycles. The van der Waals surface area contributed by atoms with Crippen LogP contribution in [0.3, 0.4) is 0 Å². The average Bonchev–Trinajstić information content (AvgIpc) is 2.02. The lowest BCUT2D eigenvalue weighted by Crippen LogP contribution is -1.84. The Morgan fingerprint density at radius 1 is 1.31 bits per heavy atom. The van der Waals surface area contributed by atoms with Crippen LogP contribution in [0, 0.1) is 17.7 Å². The highest BCUT2D eigenvalue weighted by molar-refractivity contribution is 9.11. The van der Waals surface area contributed by atoms with Crippen molar-refractivity contribution in [3.63, 3.8) is 0 Å². The fraction of sp³-hybridized carbons (Fsp3) is 0.111. The van der Waals surface area contributed by atoms with E-state index in [0.29, 0.717) is 14.5 Å². The zero-order valence-electron chi connectivity index (χ0n) is 6.44. The maximum atomic E-state index is 12.8. The molecular formula is C9H5Br2FO. The first-order chi connectivity index (χ1) is 6.15. The molecule has 0 unspecified atom stereocenters. The molecule has 0 saturated carbocycles. The molecule has 0 fully saturated rings. The molecule has 0 amide bonds. The minimum atomic E-state index is -0.340. The highest BCUT2D eigenvalue weighted by atomic mass is 79.9. The van der Waals surface area contributed by atoms with Gasteiger partial charge in [0.25, 0.3) is 0 Å². The summed E-state index contributed by atoms with van der Waals surface area (Å²) in [5, 5.41) is 8.49. The maximum Gasteiger partial charge on any atom is 0.125 e. The van der Waals surface area contributed by atoms with Gasteiger partial charge < -0.3 is 5.11 Å². The molecule has 4 heteroatoms. The van der Waals surface area contributed by atoms with Gasteiger partial charge in [-0.15, -0.1) is 0 Å². The highest BCUT2D eigenvalue weighted by Gasteiger charge is 2.04. The average molecular weight is 308 g/mol.